The number of anilines is 1. The Labute approximate surface area is 169 Å². The summed E-state index contributed by atoms with van der Waals surface area (Å²) in [7, 11) is -3.63. The molecule has 0 aromatic heterocycles. The zero-order valence-electron chi connectivity index (χ0n) is 16.3. The lowest BCUT2D eigenvalue weighted by atomic mass is 10.1. The normalized spacial score (nSPS) is 12.4. The van der Waals surface area contributed by atoms with Crippen LogP contribution in [0, 0.1) is 5.82 Å². The summed E-state index contributed by atoms with van der Waals surface area (Å²) >= 11 is 0. The van der Waals surface area contributed by atoms with E-state index in [9.17, 15) is 22.4 Å². The van der Waals surface area contributed by atoms with E-state index >= 15 is 0 Å². The van der Waals surface area contributed by atoms with Gasteiger partial charge < -0.3 is 10.1 Å². The number of carbonyl (C=O) groups excluding carboxylic acids is 2. The van der Waals surface area contributed by atoms with E-state index in [0.29, 0.717) is 11.3 Å². The molecule has 0 aliphatic heterocycles. The molecule has 1 amide bonds. The fraction of sp³-hybridized carbons (Fsp3) is 0.300. The molecule has 0 bridgehead atoms. The molecule has 0 saturated carbocycles. The molecule has 2 aromatic rings. The fourth-order valence-corrected chi connectivity index (χ4v) is 3.65. The van der Waals surface area contributed by atoms with Crippen molar-refractivity contribution in [2.24, 2.45) is 0 Å². The maximum atomic E-state index is 12.9. The molecule has 0 aliphatic carbocycles. The van der Waals surface area contributed by atoms with Gasteiger partial charge in [0.2, 0.25) is 10.0 Å². The Morgan fingerprint density at radius 1 is 1.00 bits per heavy atom. The molecule has 9 heteroatoms. The molecule has 0 spiro atoms. The molecular weight excluding hydrogens is 399 g/mol. The van der Waals surface area contributed by atoms with Crippen molar-refractivity contribution in [3.05, 3.63) is 59.9 Å². The number of ether oxygens (including phenoxy) is 1. The first-order valence-corrected chi connectivity index (χ1v) is 10.4. The Balaban J connectivity index is 1.91. The van der Waals surface area contributed by atoms with Crippen LogP contribution in [0.5, 0.6) is 0 Å². The predicted molar refractivity (Wildman–Crippen MR) is 106 cm³/mol. The van der Waals surface area contributed by atoms with Crippen LogP contribution in [-0.2, 0) is 30.8 Å². The summed E-state index contributed by atoms with van der Waals surface area (Å²) in [6, 6.07) is 10.8. The first-order chi connectivity index (χ1) is 13.6. The van der Waals surface area contributed by atoms with Gasteiger partial charge in [0.15, 0.2) is 6.10 Å². The predicted octanol–water partition coefficient (Wildman–Crippen LogP) is 2.63. The van der Waals surface area contributed by atoms with Crippen molar-refractivity contribution in [2.75, 3.05) is 5.32 Å². The van der Waals surface area contributed by atoms with E-state index in [4.69, 9.17) is 4.74 Å². The molecule has 2 aromatic carbocycles. The minimum absolute atomic E-state index is 0.0722. The van der Waals surface area contributed by atoms with E-state index in [1.807, 2.05) is 0 Å². The zero-order chi connectivity index (χ0) is 21.6. The van der Waals surface area contributed by atoms with Gasteiger partial charge in [-0.1, -0.05) is 12.1 Å². The van der Waals surface area contributed by atoms with E-state index in [2.05, 4.69) is 10.0 Å². The Kier molecular flexibility index (Phi) is 7.46. The summed E-state index contributed by atoms with van der Waals surface area (Å²) in [5.74, 6) is -1.59. The number of rotatable bonds is 8. The van der Waals surface area contributed by atoms with E-state index in [-0.39, 0.29) is 17.4 Å². The average molecular weight is 422 g/mol. The van der Waals surface area contributed by atoms with Crippen molar-refractivity contribution < 1.29 is 27.1 Å². The highest BCUT2D eigenvalue weighted by Crippen LogP contribution is 2.15. The van der Waals surface area contributed by atoms with Crippen molar-refractivity contribution in [2.45, 2.75) is 44.2 Å². The van der Waals surface area contributed by atoms with Gasteiger partial charge in [-0.05, 0) is 62.7 Å². The van der Waals surface area contributed by atoms with E-state index in [1.54, 1.807) is 13.8 Å². The monoisotopic (exact) mass is 422 g/mol. The number of hydrogen-bond donors (Lipinski definition) is 2. The fourth-order valence-electron chi connectivity index (χ4n) is 2.40. The minimum atomic E-state index is -3.63. The second kappa shape index (κ2) is 9.62. The third-order valence-corrected chi connectivity index (χ3v) is 5.44. The van der Waals surface area contributed by atoms with Crippen LogP contribution in [-0.4, -0.2) is 32.4 Å². The van der Waals surface area contributed by atoms with Gasteiger partial charge in [0.05, 0.1) is 11.3 Å². The van der Waals surface area contributed by atoms with Crippen molar-refractivity contribution in [1.29, 1.82) is 0 Å². The number of halogens is 1. The quantitative estimate of drug-likeness (QED) is 0.637. The van der Waals surface area contributed by atoms with E-state index in [0.717, 1.165) is 0 Å². The van der Waals surface area contributed by atoms with Gasteiger partial charge in [-0.2, -0.15) is 0 Å². The highest BCUT2D eigenvalue weighted by atomic mass is 32.2. The molecule has 7 nitrogen and oxygen atoms in total. The van der Waals surface area contributed by atoms with Gasteiger partial charge in [0.1, 0.15) is 5.82 Å². The van der Waals surface area contributed by atoms with Gasteiger partial charge >= 0.3 is 5.97 Å². The third kappa shape index (κ3) is 6.95. The van der Waals surface area contributed by atoms with Crippen LogP contribution in [0.25, 0.3) is 0 Å². The molecular formula is C20H23FN2O5S. The maximum Gasteiger partial charge on any atom is 0.311 e. The highest BCUT2D eigenvalue weighted by molar-refractivity contribution is 7.89. The molecule has 29 heavy (non-hydrogen) atoms. The minimum Gasteiger partial charge on any atom is -0.452 e. The standard InChI is InChI=1S/C20H23FN2O5S/c1-13(2)23-29(26,27)18-10-8-17(9-11-18)22-20(25)14(3)28-19(24)12-15-4-6-16(21)7-5-15/h4-11,13-14,23H,12H2,1-3H3,(H,22,25). The van der Waals surface area contributed by atoms with Gasteiger partial charge in [-0.3, -0.25) is 9.59 Å². The van der Waals surface area contributed by atoms with Gasteiger partial charge in [0.25, 0.3) is 5.91 Å². The number of amides is 1. The van der Waals surface area contributed by atoms with Crippen LogP contribution < -0.4 is 10.0 Å². The molecule has 156 valence electrons. The van der Waals surface area contributed by atoms with Gasteiger partial charge in [0, 0.05) is 11.7 Å². The van der Waals surface area contributed by atoms with Crippen LogP contribution in [0.15, 0.2) is 53.4 Å². The summed E-state index contributed by atoms with van der Waals surface area (Å²) in [6.07, 6.45) is -1.15. The van der Waals surface area contributed by atoms with Crippen LogP contribution in [0.2, 0.25) is 0 Å². The van der Waals surface area contributed by atoms with Crippen LogP contribution in [0.3, 0.4) is 0 Å². The third-order valence-electron chi connectivity index (χ3n) is 3.76. The Morgan fingerprint density at radius 2 is 1.59 bits per heavy atom. The number of benzene rings is 2. The molecule has 2 N–H and O–H groups in total. The Morgan fingerprint density at radius 3 is 2.14 bits per heavy atom. The molecule has 2 rings (SSSR count). The first-order valence-electron chi connectivity index (χ1n) is 8.94. The van der Waals surface area contributed by atoms with Crippen LogP contribution in [0.1, 0.15) is 26.3 Å². The molecule has 0 saturated heterocycles. The first kappa shape index (κ1) is 22.5. The lowest BCUT2D eigenvalue weighted by Crippen LogP contribution is -2.31. The molecule has 0 fully saturated rings. The largest absolute Gasteiger partial charge is 0.452 e. The van der Waals surface area contributed by atoms with E-state index in [1.165, 1.54) is 55.5 Å². The molecule has 1 unspecified atom stereocenters. The zero-order valence-corrected chi connectivity index (χ0v) is 17.1. The second-order valence-corrected chi connectivity index (χ2v) is 8.44. The van der Waals surface area contributed by atoms with Crippen molar-refractivity contribution in [3.8, 4) is 0 Å². The summed E-state index contributed by atoms with van der Waals surface area (Å²) in [6.45, 7) is 4.85. The molecule has 1 atom stereocenters. The SMILES string of the molecule is CC(C)NS(=O)(=O)c1ccc(NC(=O)C(C)OC(=O)Cc2ccc(F)cc2)cc1. The topological polar surface area (TPSA) is 102 Å². The van der Waals surface area contributed by atoms with Gasteiger partial charge in [-0.25, -0.2) is 17.5 Å². The summed E-state index contributed by atoms with van der Waals surface area (Å²) in [5.41, 5.74) is 0.927. The summed E-state index contributed by atoms with van der Waals surface area (Å²) in [5, 5.41) is 2.56. The molecule has 0 radical (unpaired) electrons. The second-order valence-electron chi connectivity index (χ2n) is 6.72. The van der Waals surface area contributed by atoms with Crippen LogP contribution in [0.4, 0.5) is 10.1 Å². The number of carbonyl (C=O) groups is 2. The lowest BCUT2D eigenvalue weighted by Gasteiger charge is -2.14. The van der Waals surface area contributed by atoms with Gasteiger partial charge in [-0.15, -0.1) is 0 Å². The molecule has 0 aliphatic rings. The smallest absolute Gasteiger partial charge is 0.311 e. The summed E-state index contributed by atoms with van der Waals surface area (Å²) < 4.78 is 44.6. The van der Waals surface area contributed by atoms with Crippen molar-refractivity contribution in [3.63, 3.8) is 0 Å². The lowest BCUT2D eigenvalue weighted by molar-refractivity contribution is -0.152. The van der Waals surface area contributed by atoms with Crippen molar-refractivity contribution in [1.82, 2.24) is 4.72 Å². The number of nitrogens with one attached hydrogen (secondary N) is 2. The average Bonchev–Trinajstić information content (AvgIpc) is 2.63. The van der Waals surface area contributed by atoms with Crippen molar-refractivity contribution >= 4 is 27.6 Å². The number of hydrogen-bond acceptors (Lipinski definition) is 5. The molecule has 0 heterocycles. The maximum absolute atomic E-state index is 12.9. The van der Waals surface area contributed by atoms with Crippen LogP contribution >= 0.6 is 0 Å². The Bertz CT molecular complexity index is 957. The number of esters is 1. The van der Waals surface area contributed by atoms with E-state index < -0.39 is 33.8 Å². The number of sulfonamides is 1. The summed E-state index contributed by atoms with van der Waals surface area (Å²) in [4.78, 5) is 24.2. The Hall–Kier alpha value is -2.78. The highest BCUT2D eigenvalue weighted by Gasteiger charge is 2.19.